The number of carbonyl (C=O) groups excluding carboxylic acids is 1. The Morgan fingerprint density at radius 2 is 2.00 bits per heavy atom. The monoisotopic (exact) mass is 260 g/mol. The number of benzene rings is 1. The van der Waals surface area contributed by atoms with Crippen molar-refractivity contribution in [2.24, 2.45) is 0 Å². The van der Waals surface area contributed by atoms with Crippen LogP contribution in [0.25, 0.3) is 0 Å². The van der Waals surface area contributed by atoms with Gasteiger partial charge in [-0.05, 0) is 24.6 Å². The molecule has 4 nitrogen and oxygen atoms in total. The van der Waals surface area contributed by atoms with Gasteiger partial charge in [-0.25, -0.2) is 0 Å². The molecule has 1 N–H and O–H groups in total. The number of anilines is 1. The molecule has 0 radical (unpaired) electrons. The van der Waals surface area contributed by atoms with E-state index in [1.54, 1.807) is 0 Å². The van der Waals surface area contributed by atoms with Crippen LogP contribution >= 0.6 is 0 Å². The van der Waals surface area contributed by atoms with E-state index in [1.165, 1.54) is 6.08 Å². The van der Waals surface area contributed by atoms with Gasteiger partial charge in [-0.1, -0.05) is 12.1 Å². The molecule has 1 aromatic carbocycles. The summed E-state index contributed by atoms with van der Waals surface area (Å²) in [5.74, 6) is 0.671. The molecule has 102 valence electrons. The number of nitrogens with one attached hydrogen (secondary N) is 1. The van der Waals surface area contributed by atoms with E-state index in [0.29, 0.717) is 13.0 Å². The lowest BCUT2D eigenvalue weighted by Crippen LogP contribution is -2.31. The standard InChI is InChI=1S/C15H20N2O2/c1-4-19-13-9-14(16-15(18)10-13)11-5-7-12(8-6-11)17(2)3/h5-8,10,14H,4,9H2,1-3H3,(H,16,18). The zero-order valence-electron chi connectivity index (χ0n) is 11.6. The molecule has 1 aliphatic heterocycles. The smallest absolute Gasteiger partial charge is 0.247 e. The highest BCUT2D eigenvalue weighted by Gasteiger charge is 2.21. The minimum absolute atomic E-state index is 0.00439. The molecule has 0 bridgehead atoms. The summed E-state index contributed by atoms with van der Waals surface area (Å²) in [6.45, 7) is 2.51. The number of hydrogen-bond donors (Lipinski definition) is 1. The highest BCUT2D eigenvalue weighted by atomic mass is 16.5. The summed E-state index contributed by atoms with van der Waals surface area (Å²) in [7, 11) is 4.01. The van der Waals surface area contributed by atoms with Gasteiger partial charge < -0.3 is 15.0 Å². The van der Waals surface area contributed by atoms with Crippen molar-refractivity contribution in [1.82, 2.24) is 5.32 Å². The van der Waals surface area contributed by atoms with E-state index in [2.05, 4.69) is 34.5 Å². The van der Waals surface area contributed by atoms with Crippen molar-refractivity contribution in [2.75, 3.05) is 25.6 Å². The number of ether oxygens (including phenoxy) is 1. The second-order valence-electron chi connectivity index (χ2n) is 4.79. The predicted octanol–water partition coefficient (Wildman–Crippen LogP) is 2.23. The first-order chi connectivity index (χ1) is 9.10. The van der Waals surface area contributed by atoms with E-state index in [9.17, 15) is 4.79 Å². The summed E-state index contributed by atoms with van der Waals surface area (Å²) in [6, 6.07) is 8.21. The van der Waals surface area contributed by atoms with Crippen molar-refractivity contribution in [1.29, 1.82) is 0 Å². The third kappa shape index (κ3) is 3.28. The zero-order chi connectivity index (χ0) is 13.8. The van der Waals surface area contributed by atoms with Crippen LogP contribution in [0.3, 0.4) is 0 Å². The van der Waals surface area contributed by atoms with Crippen molar-refractivity contribution >= 4 is 11.6 Å². The summed E-state index contributed by atoms with van der Waals surface area (Å²) in [4.78, 5) is 13.7. The van der Waals surface area contributed by atoms with E-state index in [0.717, 1.165) is 17.0 Å². The van der Waals surface area contributed by atoms with Gasteiger partial charge in [-0.3, -0.25) is 4.79 Å². The molecule has 1 amide bonds. The Morgan fingerprint density at radius 3 is 2.58 bits per heavy atom. The van der Waals surface area contributed by atoms with Gasteiger partial charge in [0.05, 0.1) is 12.6 Å². The Labute approximate surface area is 114 Å². The average molecular weight is 260 g/mol. The summed E-state index contributed by atoms with van der Waals surface area (Å²) >= 11 is 0. The summed E-state index contributed by atoms with van der Waals surface area (Å²) in [6.07, 6.45) is 2.25. The molecule has 1 aliphatic rings. The zero-order valence-corrected chi connectivity index (χ0v) is 11.6. The maximum absolute atomic E-state index is 11.6. The number of rotatable bonds is 4. The van der Waals surface area contributed by atoms with Gasteiger partial charge in [0.2, 0.25) is 5.91 Å². The Hall–Kier alpha value is -1.97. The van der Waals surface area contributed by atoms with Crippen LogP contribution < -0.4 is 10.2 Å². The maximum atomic E-state index is 11.6. The fourth-order valence-corrected chi connectivity index (χ4v) is 2.16. The minimum atomic E-state index is -0.0867. The molecule has 1 heterocycles. The lowest BCUT2D eigenvalue weighted by atomic mass is 9.99. The number of hydrogen-bond acceptors (Lipinski definition) is 3. The third-order valence-electron chi connectivity index (χ3n) is 3.16. The molecule has 0 saturated carbocycles. The van der Waals surface area contributed by atoms with Crippen molar-refractivity contribution in [3.05, 3.63) is 41.7 Å². The molecule has 0 aliphatic carbocycles. The summed E-state index contributed by atoms with van der Waals surface area (Å²) in [5.41, 5.74) is 2.25. The van der Waals surface area contributed by atoms with E-state index < -0.39 is 0 Å². The van der Waals surface area contributed by atoms with Gasteiger partial charge in [0.1, 0.15) is 5.76 Å². The second-order valence-corrected chi connectivity index (χ2v) is 4.79. The van der Waals surface area contributed by atoms with Gasteiger partial charge in [-0.15, -0.1) is 0 Å². The quantitative estimate of drug-likeness (QED) is 0.902. The molecule has 1 unspecified atom stereocenters. The molecule has 19 heavy (non-hydrogen) atoms. The Kier molecular flexibility index (Phi) is 4.10. The number of nitrogens with zero attached hydrogens (tertiary/aromatic N) is 1. The first-order valence-electron chi connectivity index (χ1n) is 6.51. The van der Waals surface area contributed by atoms with E-state index in [1.807, 2.05) is 21.0 Å². The largest absolute Gasteiger partial charge is 0.498 e. The van der Waals surface area contributed by atoms with E-state index in [4.69, 9.17) is 4.74 Å². The van der Waals surface area contributed by atoms with E-state index in [-0.39, 0.29) is 11.9 Å². The van der Waals surface area contributed by atoms with E-state index >= 15 is 0 Å². The molecule has 0 spiro atoms. The topological polar surface area (TPSA) is 41.6 Å². The lowest BCUT2D eigenvalue weighted by molar-refractivity contribution is -0.118. The number of amides is 1. The fourth-order valence-electron chi connectivity index (χ4n) is 2.16. The van der Waals surface area contributed by atoms with Gasteiger partial charge in [0.15, 0.2) is 0 Å². The average Bonchev–Trinajstić information content (AvgIpc) is 2.38. The first-order valence-corrected chi connectivity index (χ1v) is 6.51. The minimum Gasteiger partial charge on any atom is -0.498 e. The SMILES string of the molecule is CCOC1=CC(=O)NC(c2ccc(N(C)C)cc2)C1. The molecule has 4 heteroatoms. The highest BCUT2D eigenvalue weighted by Crippen LogP contribution is 2.26. The first kappa shape index (κ1) is 13.5. The van der Waals surface area contributed by atoms with Gasteiger partial charge in [0, 0.05) is 32.3 Å². The highest BCUT2D eigenvalue weighted by molar-refractivity contribution is 5.89. The summed E-state index contributed by atoms with van der Waals surface area (Å²) in [5, 5.41) is 2.96. The lowest BCUT2D eigenvalue weighted by Gasteiger charge is -2.24. The normalized spacial score (nSPS) is 18.6. The molecule has 0 fully saturated rings. The van der Waals surface area contributed by atoms with Crippen molar-refractivity contribution in [3.8, 4) is 0 Å². The predicted molar refractivity (Wildman–Crippen MR) is 76.0 cm³/mol. The second kappa shape index (κ2) is 5.78. The van der Waals surface area contributed by atoms with Crippen LogP contribution in [0.4, 0.5) is 5.69 Å². The van der Waals surface area contributed by atoms with Crippen LogP contribution in [0.2, 0.25) is 0 Å². The molecular formula is C15H20N2O2. The molecule has 0 aromatic heterocycles. The molecule has 1 atom stereocenters. The third-order valence-corrected chi connectivity index (χ3v) is 3.16. The molecular weight excluding hydrogens is 240 g/mol. The van der Waals surface area contributed by atoms with Crippen LogP contribution in [0.15, 0.2) is 36.1 Å². The van der Waals surface area contributed by atoms with Crippen LogP contribution in [-0.4, -0.2) is 26.6 Å². The Morgan fingerprint density at radius 1 is 1.32 bits per heavy atom. The Balaban J connectivity index is 2.14. The van der Waals surface area contributed by atoms with Crippen molar-refractivity contribution < 1.29 is 9.53 Å². The van der Waals surface area contributed by atoms with Crippen LogP contribution in [0.5, 0.6) is 0 Å². The van der Waals surface area contributed by atoms with Crippen LogP contribution in [0.1, 0.15) is 24.9 Å². The molecule has 0 saturated heterocycles. The van der Waals surface area contributed by atoms with Gasteiger partial charge in [-0.2, -0.15) is 0 Å². The maximum Gasteiger partial charge on any atom is 0.247 e. The van der Waals surface area contributed by atoms with Crippen molar-refractivity contribution in [2.45, 2.75) is 19.4 Å². The van der Waals surface area contributed by atoms with Gasteiger partial charge in [0.25, 0.3) is 0 Å². The fraction of sp³-hybridized carbons (Fsp3) is 0.400. The van der Waals surface area contributed by atoms with Crippen LogP contribution in [-0.2, 0) is 9.53 Å². The van der Waals surface area contributed by atoms with Gasteiger partial charge >= 0.3 is 0 Å². The molecule has 2 rings (SSSR count). The number of carbonyl (C=O) groups is 1. The molecule has 1 aromatic rings. The summed E-state index contributed by atoms with van der Waals surface area (Å²) < 4.78 is 5.46. The van der Waals surface area contributed by atoms with Crippen LogP contribution in [0, 0.1) is 0 Å². The Bertz CT molecular complexity index is 477. The van der Waals surface area contributed by atoms with Crippen molar-refractivity contribution in [3.63, 3.8) is 0 Å².